The van der Waals surface area contributed by atoms with Crippen molar-refractivity contribution in [2.24, 2.45) is 0 Å². The second-order valence-corrected chi connectivity index (χ2v) is 9.68. The molecule has 0 fully saturated rings. The number of nitrogens with one attached hydrogen (secondary N) is 1. The van der Waals surface area contributed by atoms with Gasteiger partial charge >= 0.3 is 0 Å². The fourth-order valence-electron chi connectivity index (χ4n) is 4.53. The molecule has 0 saturated carbocycles. The molecular formula is C30H34ClN3O2. The summed E-state index contributed by atoms with van der Waals surface area (Å²) in [7, 11) is 0. The number of unbranched alkanes of at least 4 members (excludes halogenated alkanes) is 2. The molecule has 3 aromatic carbocycles. The highest BCUT2D eigenvalue weighted by Gasteiger charge is 2.11. The summed E-state index contributed by atoms with van der Waals surface area (Å²) in [5.41, 5.74) is 5.43. The van der Waals surface area contributed by atoms with E-state index in [0.717, 1.165) is 60.4 Å². The van der Waals surface area contributed by atoms with E-state index in [-0.39, 0.29) is 5.91 Å². The average Bonchev–Trinajstić information content (AvgIpc) is 3.19. The van der Waals surface area contributed by atoms with Gasteiger partial charge in [0, 0.05) is 18.0 Å². The van der Waals surface area contributed by atoms with Gasteiger partial charge in [-0.05, 0) is 73.7 Å². The van der Waals surface area contributed by atoms with Crippen molar-refractivity contribution >= 4 is 28.5 Å². The summed E-state index contributed by atoms with van der Waals surface area (Å²) in [6.45, 7) is 6.19. The lowest BCUT2D eigenvalue weighted by Crippen LogP contribution is -2.26. The zero-order chi connectivity index (χ0) is 25.3. The van der Waals surface area contributed by atoms with Crippen LogP contribution in [-0.2, 0) is 24.2 Å². The number of halogens is 1. The van der Waals surface area contributed by atoms with E-state index in [9.17, 15) is 4.79 Å². The Bertz CT molecular complexity index is 1290. The molecule has 1 aromatic heterocycles. The van der Waals surface area contributed by atoms with Gasteiger partial charge in [-0.1, -0.05) is 54.4 Å². The van der Waals surface area contributed by atoms with E-state index in [1.165, 1.54) is 11.1 Å². The minimum Gasteiger partial charge on any atom is -0.492 e. The first kappa shape index (κ1) is 25.8. The number of carbonyl (C=O) groups excluding carboxylic acids is 1. The normalized spacial score (nSPS) is 11.1. The van der Waals surface area contributed by atoms with Crippen molar-refractivity contribution in [3.8, 4) is 5.75 Å². The van der Waals surface area contributed by atoms with Crippen molar-refractivity contribution in [2.75, 3.05) is 13.2 Å². The van der Waals surface area contributed by atoms with Crippen LogP contribution in [0.25, 0.3) is 11.0 Å². The van der Waals surface area contributed by atoms with Gasteiger partial charge in [0.05, 0.1) is 24.0 Å². The van der Waals surface area contributed by atoms with Gasteiger partial charge in [0.2, 0.25) is 5.91 Å². The van der Waals surface area contributed by atoms with Gasteiger partial charge in [-0.15, -0.1) is 0 Å². The van der Waals surface area contributed by atoms with E-state index in [2.05, 4.69) is 60.1 Å². The number of hydrogen-bond acceptors (Lipinski definition) is 3. The number of aryl methyl sites for hydroxylation is 3. The lowest BCUT2D eigenvalue weighted by Gasteiger charge is -2.12. The van der Waals surface area contributed by atoms with Gasteiger partial charge in [0.25, 0.3) is 0 Å². The van der Waals surface area contributed by atoms with Crippen LogP contribution in [0.4, 0.5) is 0 Å². The Balaban J connectivity index is 1.25. The molecule has 0 atom stereocenters. The van der Waals surface area contributed by atoms with E-state index >= 15 is 0 Å². The predicted octanol–water partition coefficient (Wildman–Crippen LogP) is 6.46. The number of nitrogens with zero attached hydrogens (tertiary/aromatic N) is 2. The number of carbonyl (C=O) groups is 1. The molecule has 188 valence electrons. The second-order valence-electron chi connectivity index (χ2n) is 9.27. The first-order valence-electron chi connectivity index (χ1n) is 12.6. The minimum atomic E-state index is 0.00805. The molecule has 1 amide bonds. The molecule has 0 aliphatic heterocycles. The number of para-hydroxylation sites is 2. The Labute approximate surface area is 218 Å². The number of amides is 1. The van der Waals surface area contributed by atoms with Gasteiger partial charge in [0.1, 0.15) is 18.2 Å². The third-order valence-corrected chi connectivity index (χ3v) is 6.59. The molecule has 6 heteroatoms. The van der Waals surface area contributed by atoms with Crippen LogP contribution in [0.15, 0.2) is 66.7 Å². The smallest absolute Gasteiger partial charge is 0.224 e. The van der Waals surface area contributed by atoms with Crippen LogP contribution < -0.4 is 10.1 Å². The SMILES string of the molecule is Cc1cc(C)cc(OCCn2c(CCCCCNC(=O)Cc3ccccc3Cl)nc3ccccc32)c1. The molecule has 5 nitrogen and oxygen atoms in total. The maximum Gasteiger partial charge on any atom is 0.224 e. The highest BCUT2D eigenvalue weighted by Crippen LogP contribution is 2.20. The number of ether oxygens (including phenoxy) is 1. The largest absolute Gasteiger partial charge is 0.492 e. The molecule has 1 heterocycles. The first-order valence-corrected chi connectivity index (χ1v) is 13.0. The van der Waals surface area contributed by atoms with E-state index in [4.69, 9.17) is 21.3 Å². The Morgan fingerprint density at radius 2 is 1.72 bits per heavy atom. The van der Waals surface area contributed by atoms with E-state index in [1.807, 2.05) is 30.3 Å². The molecule has 0 bridgehead atoms. The molecule has 0 saturated heterocycles. The number of hydrogen-bond donors (Lipinski definition) is 1. The van der Waals surface area contributed by atoms with E-state index in [0.29, 0.717) is 24.6 Å². The summed E-state index contributed by atoms with van der Waals surface area (Å²) in [4.78, 5) is 17.1. The van der Waals surface area contributed by atoms with Gasteiger partial charge in [-0.2, -0.15) is 0 Å². The third kappa shape index (κ3) is 7.11. The molecule has 0 spiro atoms. The topological polar surface area (TPSA) is 56.1 Å². The van der Waals surface area contributed by atoms with Crippen LogP contribution in [0.3, 0.4) is 0 Å². The third-order valence-electron chi connectivity index (χ3n) is 6.22. The van der Waals surface area contributed by atoms with Crippen LogP contribution in [0.5, 0.6) is 5.75 Å². The number of fused-ring (bicyclic) bond motifs is 1. The van der Waals surface area contributed by atoms with Gasteiger partial charge in [-0.3, -0.25) is 4.79 Å². The van der Waals surface area contributed by atoms with Crippen LogP contribution in [0, 0.1) is 13.8 Å². The van der Waals surface area contributed by atoms with Crippen LogP contribution in [0.1, 0.15) is 41.8 Å². The van der Waals surface area contributed by atoms with Crippen molar-refractivity contribution in [3.05, 3.63) is 94.3 Å². The summed E-state index contributed by atoms with van der Waals surface area (Å²) >= 11 is 6.15. The molecule has 0 unspecified atom stereocenters. The van der Waals surface area contributed by atoms with E-state index in [1.54, 1.807) is 0 Å². The molecule has 4 aromatic rings. The Kier molecular flexibility index (Phi) is 9.01. The highest BCUT2D eigenvalue weighted by molar-refractivity contribution is 6.31. The molecule has 4 rings (SSSR count). The van der Waals surface area contributed by atoms with Crippen molar-refractivity contribution in [2.45, 2.75) is 52.5 Å². The second kappa shape index (κ2) is 12.6. The fourth-order valence-corrected chi connectivity index (χ4v) is 4.73. The number of imidazole rings is 1. The zero-order valence-electron chi connectivity index (χ0n) is 21.1. The van der Waals surface area contributed by atoms with E-state index < -0.39 is 0 Å². The van der Waals surface area contributed by atoms with Crippen molar-refractivity contribution in [3.63, 3.8) is 0 Å². The molecule has 36 heavy (non-hydrogen) atoms. The number of benzene rings is 3. The van der Waals surface area contributed by atoms with Crippen LogP contribution in [0.2, 0.25) is 5.02 Å². The average molecular weight is 504 g/mol. The monoisotopic (exact) mass is 503 g/mol. The zero-order valence-corrected chi connectivity index (χ0v) is 21.9. The summed E-state index contributed by atoms with van der Waals surface area (Å²) < 4.78 is 8.36. The Hall–Kier alpha value is -3.31. The quantitative estimate of drug-likeness (QED) is 0.226. The Morgan fingerprint density at radius 3 is 2.53 bits per heavy atom. The summed E-state index contributed by atoms with van der Waals surface area (Å²) in [5, 5.41) is 3.64. The van der Waals surface area contributed by atoms with Gasteiger partial charge in [0.15, 0.2) is 0 Å². The molecule has 1 N–H and O–H groups in total. The molecule has 0 aliphatic carbocycles. The number of rotatable bonds is 12. The minimum absolute atomic E-state index is 0.00805. The van der Waals surface area contributed by atoms with Crippen molar-refractivity contribution < 1.29 is 9.53 Å². The lowest BCUT2D eigenvalue weighted by molar-refractivity contribution is -0.120. The van der Waals surface area contributed by atoms with Crippen LogP contribution >= 0.6 is 11.6 Å². The maximum absolute atomic E-state index is 12.2. The van der Waals surface area contributed by atoms with Gasteiger partial charge < -0.3 is 14.6 Å². The van der Waals surface area contributed by atoms with Crippen molar-refractivity contribution in [1.82, 2.24) is 14.9 Å². The summed E-state index contributed by atoms with van der Waals surface area (Å²) in [5.74, 6) is 2.01. The standard InChI is InChI=1S/C30H34ClN3O2/c1-22-18-23(2)20-25(19-22)36-17-16-34-28-13-8-7-12-27(28)33-29(34)14-4-3-9-15-32-30(35)21-24-10-5-6-11-26(24)31/h5-8,10-13,18-20H,3-4,9,14-17,21H2,1-2H3,(H,32,35). The lowest BCUT2D eigenvalue weighted by atomic mass is 10.1. The molecule has 0 aliphatic rings. The molecule has 0 radical (unpaired) electrons. The van der Waals surface area contributed by atoms with Crippen molar-refractivity contribution in [1.29, 1.82) is 0 Å². The molecular weight excluding hydrogens is 470 g/mol. The Morgan fingerprint density at radius 1 is 0.972 bits per heavy atom. The van der Waals surface area contributed by atoms with Crippen LogP contribution in [-0.4, -0.2) is 28.6 Å². The number of aromatic nitrogens is 2. The first-order chi connectivity index (χ1) is 17.5. The summed E-state index contributed by atoms with van der Waals surface area (Å²) in [6.07, 6.45) is 4.18. The fraction of sp³-hybridized carbons (Fsp3) is 0.333. The highest BCUT2D eigenvalue weighted by atomic mass is 35.5. The maximum atomic E-state index is 12.2. The predicted molar refractivity (Wildman–Crippen MR) is 147 cm³/mol. The summed E-state index contributed by atoms with van der Waals surface area (Å²) in [6, 6.07) is 22.0. The van der Waals surface area contributed by atoms with Gasteiger partial charge in [-0.25, -0.2) is 4.98 Å².